The van der Waals surface area contributed by atoms with Gasteiger partial charge in [0.2, 0.25) is 0 Å². The molecule has 0 radical (unpaired) electrons. The van der Waals surface area contributed by atoms with E-state index in [0.29, 0.717) is 31.1 Å². The van der Waals surface area contributed by atoms with Crippen LogP contribution < -0.4 is 11.1 Å². The fraction of sp³-hybridized carbons (Fsp3) is 0.111. The first kappa shape index (κ1) is 21.8. The molecule has 0 aliphatic carbocycles. The van der Waals surface area contributed by atoms with Crippen molar-refractivity contribution in [3.63, 3.8) is 0 Å². The second kappa shape index (κ2) is 9.12. The number of hydrogen-bond acceptors (Lipinski definition) is 8. The van der Waals surface area contributed by atoms with E-state index in [9.17, 15) is 4.79 Å². The Kier molecular flexibility index (Phi) is 5.51. The van der Waals surface area contributed by atoms with Crippen molar-refractivity contribution in [1.82, 2.24) is 35.1 Å². The topological polar surface area (TPSA) is 123 Å². The summed E-state index contributed by atoms with van der Waals surface area (Å²) >= 11 is 0. The van der Waals surface area contributed by atoms with E-state index >= 15 is 0 Å². The summed E-state index contributed by atoms with van der Waals surface area (Å²) in [6.07, 6.45) is 5.10. The first-order valence-corrected chi connectivity index (χ1v) is 11.5. The number of nitrogen functional groups attached to an aromatic ring is 1. The van der Waals surface area contributed by atoms with Crippen molar-refractivity contribution >= 4 is 22.6 Å². The van der Waals surface area contributed by atoms with E-state index in [2.05, 4.69) is 30.2 Å². The number of fused-ring (bicyclic) bond motifs is 2. The summed E-state index contributed by atoms with van der Waals surface area (Å²) in [6, 6.07) is 19.4. The normalized spacial score (nSPS) is 13.0. The standard InChI is InChI=1S/C27H22N8O/c28-26-25(27(36)32-16-35-13-20-12-29-15-31-22(20)14-35)33-24(23(34-26)17-5-2-1-3-6-17)19-8-9-21-18(11-19)7-4-10-30-21/h1-12,15H,13-14,16H2,(H2,28,34)(H,32,36). The van der Waals surface area contributed by atoms with Crippen molar-refractivity contribution in [2.24, 2.45) is 0 Å². The summed E-state index contributed by atoms with van der Waals surface area (Å²) in [5.74, 6) is -0.307. The van der Waals surface area contributed by atoms with Crippen LogP contribution in [0, 0.1) is 0 Å². The smallest absolute Gasteiger partial charge is 0.274 e. The number of carbonyl (C=O) groups is 1. The number of nitrogens with zero attached hydrogens (tertiary/aromatic N) is 6. The Morgan fingerprint density at radius 2 is 1.81 bits per heavy atom. The van der Waals surface area contributed by atoms with Gasteiger partial charge in [0, 0.05) is 47.6 Å². The largest absolute Gasteiger partial charge is 0.382 e. The number of aromatic nitrogens is 5. The summed E-state index contributed by atoms with van der Waals surface area (Å²) in [7, 11) is 0. The van der Waals surface area contributed by atoms with Crippen molar-refractivity contribution < 1.29 is 4.79 Å². The van der Waals surface area contributed by atoms with Crippen LogP contribution in [-0.2, 0) is 13.1 Å². The number of pyridine rings is 1. The lowest BCUT2D eigenvalue weighted by atomic mass is 10.0. The maximum Gasteiger partial charge on any atom is 0.274 e. The molecule has 2 aromatic carbocycles. The molecule has 0 atom stereocenters. The molecule has 6 rings (SSSR count). The van der Waals surface area contributed by atoms with E-state index < -0.39 is 0 Å². The lowest BCUT2D eigenvalue weighted by Gasteiger charge is -2.17. The van der Waals surface area contributed by atoms with Crippen molar-refractivity contribution in [1.29, 1.82) is 0 Å². The monoisotopic (exact) mass is 474 g/mol. The molecule has 36 heavy (non-hydrogen) atoms. The third kappa shape index (κ3) is 4.12. The van der Waals surface area contributed by atoms with Gasteiger partial charge in [-0.25, -0.2) is 19.9 Å². The molecule has 0 spiro atoms. The lowest BCUT2D eigenvalue weighted by Crippen LogP contribution is -2.35. The fourth-order valence-electron chi connectivity index (χ4n) is 4.38. The highest BCUT2D eigenvalue weighted by molar-refractivity contribution is 5.98. The molecule has 4 heterocycles. The summed E-state index contributed by atoms with van der Waals surface area (Å²) in [5, 5.41) is 3.90. The summed E-state index contributed by atoms with van der Waals surface area (Å²) in [5.41, 5.74) is 12.1. The molecular weight excluding hydrogens is 452 g/mol. The molecule has 0 bridgehead atoms. The van der Waals surface area contributed by atoms with Gasteiger partial charge in [0.15, 0.2) is 11.5 Å². The quantitative estimate of drug-likeness (QED) is 0.397. The molecule has 0 saturated heterocycles. The maximum absolute atomic E-state index is 13.2. The Morgan fingerprint density at radius 1 is 0.944 bits per heavy atom. The van der Waals surface area contributed by atoms with E-state index in [1.54, 1.807) is 12.4 Å². The minimum atomic E-state index is -0.384. The molecule has 0 unspecified atom stereocenters. The van der Waals surface area contributed by atoms with Gasteiger partial charge in [-0.2, -0.15) is 0 Å². The van der Waals surface area contributed by atoms with E-state index in [0.717, 1.165) is 33.3 Å². The highest BCUT2D eigenvalue weighted by atomic mass is 16.2. The zero-order chi connectivity index (χ0) is 24.5. The van der Waals surface area contributed by atoms with Crippen LogP contribution in [0.15, 0.2) is 79.4 Å². The first-order chi connectivity index (χ1) is 17.7. The van der Waals surface area contributed by atoms with E-state index in [-0.39, 0.29) is 17.4 Å². The van der Waals surface area contributed by atoms with Gasteiger partial charge in [-0.05, 0) is 18.2 Å². The summed E-state index contributed by atoms with van der Waals surface area (Å²) in [4.78, 5) is 37.4. The third-order valence-corrected chi connectivity index (χ3v) is 6.17. The number of carbonyl (C=O) groups excluding carboxylic acids is 1. The highest BCUT2D eigenvalue weighted by Gasteiger charge is 2.23. The minimum absolute atomic E-state index is 0.0770. The predicted octanol–water partition coefficient (Wildman–Crippen LogP) is 3.43. The third-order valence-electron chi connectivity index (χ3n) is 6.17. The van der Waals surface area contributed by atoms with Gasteiger partial charge in [-0.3, -0.25) is 14.7 Å². The molecule has 176 valence electrons. The van der Waals surface area contributed by atoms with Gasteiger partial charge in [0.25, 0.3) is 5.91 Å². The van der Waals surface area contributed by atoms with Gasteiger partial charge in [-0.1, -0.05) is 42.5 Å². The van der Waals surface area contributed by atoms with Gasteiger partial charge < -0.3 is 11.1 Å². The minimum Gasteiger partial charge on any atom is -0.382 e. The van der Waals surface area contributed by atoms with Crippen LogP contribution in [-0.4, -0.2) is 42.4 Å². The molecule has 9 nitrogen and oxygen atoms in total. The Morgan fingerprint density at radius 3 is 2.67 bits per heavy atom. The van der Waals surface area contributed by atoms with E-state index in [1.165, 1.54) is 6.33 Å². The number of hydrogen-bond donors (Lipinski definition) is 2. The zero-order valence-corrected chi connectivity index (χ0v) is 19.3. The molecule has 0 fully saturated rings. The van der Waals surface area contributed by atoms with Crippen molar-refractivity contribution in [2.45, 2.75) is 13.1 Å². The molecule has 3 N–H and O–H groups in total. The number of amides is 1. The average molecular weight is 475 g/mol. The van der Waals surface area contributed by atoms with Gasteiger partial charge >= 0.3 is 0 Å². The van der Waals surface area contributed by atoms with Crippen LogP contribution in [0.4, 0.5) is 5.82 Å². The van der Waals surface area contributed by atoms with Gasteiger partial charge in [-0.15, -0.1) is 0 Å². The van der Waals surface area contributed by atoms with Crippen LogP contribution in [0.1, 0.15) is 21.7 Å². The van der Waals surface area contributed by atoms with Crippen LogP contribution in [0.3, 0.4) is 0 Å². The van der Waals surface area contributed by atoms with Crippen molar-refractivity contribution in [3.8, 4) is 22.5 Å². The second-order valence-corrected chi connectivity index (χ2v) is 8.58. The average Bonchev–Trinajstić information content (AvgIpc) is 3.35. The molecule has 1 aliphatic rings. The molecular formula is C27H22N8O. The second-order valence-electron chi connectivity index (χ2n) is 8.58. The summed E-state index contributed by atoms with van der Waals surface area (Å²) < 4.78 is 0. The number of rotatable bonds is 5. The van der Waals surface area contributed by atoms with Crippen LogP contribution >= 0.6 is 0 Å². The van der Waals surface area contributed by atoms with Crippen molar-refractivity contribution in [3.05, 3.63) is 96.3 Å². The Hall–Kier alpha value is -4.76. The molecule has 3 aromatic heterocycles. The Bertz CT molecular complexity index is 1560. The predicted molar refractivity (Wildman–Crippen MR) is 136 cm³/mol. The fourth-order valence-corrected chi connectivity index (χ4v) is 4.38. The van der Waals surface area contributed by atoms with Gasteiger partial charge in [0.1, 0.15) is 6.33 Å². The maximum atomic E-state index is 13.2. The SMILES string of the molecule is Nc1nc(-c2ccccc2)c(-c2ccc3ncccc3c2)nc1C(=O)NCN1Cc2cncnc2C1. The number of benzene rings is 2. The van der Waals surface area contributed by atoms with Crippen LogP contribution in [0.5, 0.6) is 0 Å². The van der Waals surface area contributed by atoms with Crippen LogP contribution in [0.2, 0.25) is 0 Å². The Balaban J connectivity index is 1.34. The van der Waals surface area contributed by atoms with Crippen molar-refractivity contribution in [2.75, 3.05) is 12.4 Å². The number of nitrogens with two attached hydrogens (primary N) is 1. The lowest BCUT2D eigenvalue weighted by molar-refractivity contribution is 0.0917. The molecule has 1 aliphatic heterocycles. The van der Waals surface area contributed by atoms with E-state index in [4.69, 9.17) is 10.7 Å². The first-order valence-electron chi connectivity index (χ1n) is 11.5. The highest BCUT2D eigenvalue weighted by Crippen LogP contribution is 2.32. The van der Waals surface area contributed by atoms with Crippen LogP contribution in [0.25, 0.3) is 33.4 Å². The summed E-state index contributed by atoms with van der Waals surface area (Å²) in [6.45, 7) is 1.64. The molecule has 9 heteroatoms. The van der Waals surface area contributed by atoms with E-state index in [1.807, 2.05) is 60.7 Å². The van der Waals surface area contributed by atoms with Gasteiger partial charge in [0.05, 0.1) is 29.3 Å². The number of nitrogens with one attached hydrogen (secondary N) is 1. The Labute approximate surface area is 207 Å². The molecule has 1 amide bonds. The zero-order valence-electron chi connectivity index (χ0n) is 19.3. The number of anilines is 1. The molecule has 5 aromatic rings. The molecule has 0 saturated carbocycles.